The third-order valence-corrected chi connectivity index (χ3v) is 12.2. The molecule has 0 amide bonds. The zero-order valence-electron chi connectivity index (χ0n) is 36.0. The minimum Gasteiger partial charge on any atom is -0.423 e. The van der Waals surface area contributed by atoms with Crippen molar-refractivity contribution in [3.05, 3.63) is 150 Å². The van der Waals surface area contributed by atoms with Crippen LogP contribution in [0.25, 0.3) is 34.4 Å². The maximum Gasteiger partial charge on any atom is 0.336 e. The molecule has 4 heteroatoms. The molecule has 0 atom stereocenters. The van der Waals surface area contributed by atoms with E-state index in [1.165, 1.54) is 67.8 Å². The van der Waals surface area contributed by atoms with E-state index in [1.807, 2.05) is 52.0 Å². The fourth-order valence-corrected chi connectivity index (χ4v) is 8.00. The van der Waals surface area contributed by atoms with Crippen molar-refractivity contribution in [2.45, 2.75) is 110 Å². The van der Waals surface area contributed by atoms with Crippen molar-refractivity contribution < 1.29 is 19.1 Å². The van der Waals surface area contributed by atoms with Crippen LogP contribution >= 0.6 is 0 Å². The van der Waals surface area contributed by atoms with Gasteiger partial charge < -0.3 is 9.47 Å². The standard InChI is InChI=1S/C52H58O4/c1-15-41-17-21-43(22-18-41)25-27-45(53)55-51-37(11)33(7)49(34(8)38(51)12)47-29(3)31(5)48(32(6)30(47)4)50-35(9)39(13)52(40(14)36(50)10)56-46(54)28-26-44-23-19-42(16-2)20-24-44/h17-28H,15-16H2,1-14H3/b27-25+,28-26+. The van der Waals surface area contributed by atoms with E-state index in [4.69, 9.17) is 9.47 Å². The van der Waals surface area contributed by atoms with Crippen molar-refractivity contribution in [2.24, 2.45) is 0 Å². The van der Waals surface area contributed by atoms with Crippen LogP contribution in [0.5, 0.6) is 11.5 Å². The molecule has 0 aliphatic heterocycles. The molecule has 0 N–H and O–H groups in total. The van der Waals surface area contributed by atoms with Gasteiger partial charge in [0.05, 0.1) is 0 Å². The number of hydrogen-bond donors (Lipinski definition) is 0. The number of aryl methyl sites for hydroxylation is 2. The van der Waals surface area contributed by atoms with Crippen LogP contribution in [0.2, 0.25) is 0 Å². The molecule has 56 heavy (non-hydrogen) atoms. The van der Waals surface area contributed by atoms with Crippen molar-refractivity contribution in [3.63, 3.8) is 0 Å². The molecule has 4 nitrogen and oxygen atoms in total. The summed E-state index contributed by atoms with van der Waals surface area (Å²) < 4.78 is 12.1. The van der Waals surface area contributed by atoms with Crippen LogP contribution in [0.4, 0.5) is 0 Å². The first kappa shape index (κ1) is 41.7. The average molecular weight is 747 g/mol. The molecule has 0 aliphatic rings. The summed E-state index contributed by atoms with van der Waals surface area (Å²) in [5.41, 5.74) is 22.4. The number of hydrogen-bond acceptors (Lipinski definition) is 4. The van der Waals surface area contributed by atoms with Gasteiger partial charge in [-0.15, -0.1) is 0 Å². The van der Waals surface area contributed by atoms with Crippen LogP contribution < -0.4 is 9.47 Å². The van der Waals surface area contributed by atoms with Crippen LogP contribution in [-0.2, 0) is 22.4 Å². The quantitative estimate of drug-likeness (QED) is 0.0811. The maximum atomic E-state index is 13.1. The Kier molecular flexibility index (Phi) is 12.7. The minimum atomic E-state index is -0.392. The summed E-state index contributed by atoms with van der Waals surface area (Å²) in [6, 6.07) is 16.4. The molecule has 0 spiro atoms. The summed E-state index contributed by atoms with van der Waals surface area (Å²) in [4.78, 5) is 26.2. The van der Waals surface area contributed by atoms with Gasteiger partial charge in [0.2, 0.25) is 0 Å². The molecule has 5 aromatic rings. The Labute approximate surface area is 335 Å². The predicted octanol–water partition coefficient (Wildman–Crippen LogP) is 13.1. The molecule has 0 unspecified atom stereocenters. The van der Waals surface area contributed by atoms with Crippen molar-refractivity contribution in [1.29, 1.82) is 0 Å². The van der Waals surface area contributed by atoms with Gasteiger partial charge in [-0.2, -0.15) is 0 Å². The van der Waals surface area contributed by atoms with Gasteiger partial charge >= 0.3 is 11.9 Å². The monoisotopic (exact) mass is 746 g/mol. The molecule has 0 radical (unpaired) electrons. The number of ether oxygens (including phenoxy) is 2. The molecule has 0 aliphatic carbocycles. The van der Waals surface area contributed by atoms with Gasteiger partial charge in [0.25, 0.3) is 0 Å². The fourth-order valence-electron chi connectivity index (χ4n) is 8.00. The average Bonchev–Trinajstić information content (AvgIpc) is 3.20. The Morgan fingerprint density at radius 2 is 0.625 bits per heavy atom. The molecule has 5 aromatic carbocycles. The molecule has 0 saturated heterocycles. The van der Waals surface area contributed by atoms with Gasteiger partial charge in [-0.25, -0.2) is 9.59 Å². The molecule has 0 heterocycles. The topological polar surface area (TPSA) is 52.6 Å². The van der Waals surface area contributed by atoms with Crippen LogP contribution in [0.3, 0.4) is 0 Å². The van der Waals surface area contributed by atoms with E-state index < -0.39 is 11.9 Å². The molecule has 0 aromatic heterocycles. The lowest BCUT2D eigenvalue weighted by atomic mass is 9.77. The van der Waals surface area contributed by atoms with Crippen molar-refractivity contribution in [1.82, 2.24) is 0 Å². The van der Waals surface area contributed by atoms with Gasteiger partial charge in [-0.1, -0.05) is 62.4 Å². The number of carbonyl (C=O) groups excluding carboxylic acids is 2. The highest BCUT2D eigenvalue weighted by molar-refractivity contribution is 5.93. The SMILES string of the molecule is CCc1ccc(/C=C/C(=O)Oc2c(C)c(C)c(-c3c(C)c(C)c(-c4c(C)c(C)c(OC(=O)/C=C/c5ccc(CC)cc5)c(C)c4C)c(C)c3C)c(C)c2C)cc1. The first-order valence-corrected chi connectivity index (χ1v) is 19.8. The van der Waals surface area contributed by atoms with Crippen LogP contribution in [0, 0.1) is 83.1 Å². The Balaban J connectivity index is 1.51. The molecule has 0 fully saturated rings. The Hall–Kier alpha value is -5.48. The Morgan fingerprint density at radius 3 is 0.857 bits per heavy atom. The smallest absolute Gasteiger partial charge is 0.336 e. The predicted molar refractivity (Wildman–Crippen MR) is 235 cm³/mol. The third-order valence-electron chi connectivity index (χ3n) is 12.2. The van der Waals surface area contributed by atoms with E-state index in [0.717, 1.165) is 68.5 Å². The van der Waals surface area contributed by atoms with E-state index >= 15 is 0 Å². The summed E-state index contributed by atoms with van der Waals surface area (Å²) in [7, 11) is 0. The molecule has 290 valence electrons. The summed E-state index contributed by atoms with van der Waals surface area (Å²) in [6.07, 6.45) is 8.57. The van der Waals surface area contributed by atoms with E-state index in [2.05, 4.69) is 93.5 Å². The first-order chi connectivity index (χ1) is 26.5. The zero-order chi connectivity index (χ0) is 41.2. The summed E-state index contributed by atoms with van der Waals surface area (Å²) in [5.74, 6) is 0.465. The largest absolute Gasteiger partial charge is 0.423 e. The number of carbonyl (C=O) groups is 2. The van der Waals surface area contributed by atoms with E-state index in [0.29, 0.717) is 11.5 Å². The molecule has 0 saturated carbocycles. The fraction of sp³-hybridized carbons (Fsp3) is 0.308. The zero-order valence-corrected chi connectivity index (χ0v) is 36.0. The lowest BCUT2D eigenvalue weighted by Gasteiger charge is -2.28. The van der Waals surface area contributed by atoms with Crippen LogP contribution in [0.15, 0.2) is 60.7 Å². The Morgan fingerprint density at radius 1 is 0.393 bits per heavy atom. The van der Waals surface area contributed by atoms with E-state index in [-0.39, 0.29) is 0 Å². The number of rotatable bonds is 10. The second-order valence-corrected chi connectivity index (χ2v) is 15.4. The molecule has 5 rings (SSSR count). The normalized spacial score (nSPS) is 11.5. The summed E-state index contributed by atoms with van der Waals surface area (Å²) in [5, 5.41) is 0. The van der Waals surface area contributed by atoms with Gasteiger partial charge in [-0.05, 0) is 219 Å². The van der Waals surface area contributed by atoms with Gasteiger partial charge in [0, 0.05) is 12.2 Å². The van der Waals surface area contributed by atoms with Crippen molar-refractivity contribution in [3.8, 4) is 33.8 Å². The minimum absolute atomic E-state index is 0.392. The second-order valence-electron chi connectivity index (χ2n) is 15.4. The highest BCUT2D eigenvalue weighted by Gasteiger charge is 2.27. The van der Waals surface area contributed by atoms with Crippen LogP contribution in [0.1, 0.15) is 103 Å². The molecular weight excluding hydrogens is 689 g/mol. The van der Waals surface area contributed by atoms with Gasteiger partial charge in [0.1, 0.15) is 11.5 Å². The first-order valence-electron chi connectivity index (χ1n) is 19.8. The summed E-state index contributed by atoms with van der Waals surface area (Å²) in [6.45, 7) is 29.9. The van der Waals surface area contributed by atoms with Crippen LogP contribution in [-0.4, -0.2) is 11.9 Å². The van der Waals surface area contributed by atoms with E-state index in [9.17, 15) is 9.59 Å². The molecular formula is C52H58O4. The highest BCUT2D eigenvalue weighted by atomic mass is 16.5. The Bertz CT molecular complexity index is 2140. The van der Waals surface area contributed by atoms with E-state index in [1.54, 1.807) is 12.2 Å². The van der Waals surface area contributed by atoms with Gasteiger partial charge in [-0.3, -0.25) is 0 Å². The molecule has 0 bridgehead atoms. The van der Waals surface area contributed by atoms with Crippen molar-refractivity contribution >= 4 is 24.1 Å². The third kappa shape index (κ3) is 8.07. The lowest BCUT2D eigenvalue weighted by Crippen LogP contribution is -2.11. The highest BCUT2D eigenvalue weighted by Crippen LogP contribution is 2.47. The van der Waals surface area contributed by atoms with Crippen molar-refractivity contribution in [2.75, 3.05) is 0 Å². The number of esters is 2. The lowest BCUT2D eigenvalue weighted by molar-refractivity contribution is -0.129. The second kappa shape index (κ2) is 17.1. The summed E-state index contributed by atoms with van der Waals surface area (Å²) >= 11 is 0. The number of benzene rings is 5. The van der Waals surface area contributed by atoms with Gasteiger partial charge in [0.15, 0.2) is 0 Å². The maximum absolute atomic E-state index is 13.1.